The highest BCUT2D eigenvalue weighted by Crippen LogP contribution is 2.15. The number of H-pyrrole nitrogens is 1. The zero-order valence-corrected chi connectivity index (χ0v) is 10.5. The molecule has 1 N–H and O–H groups in total. The second kappa shape index (κ2) is 4.25. The maximum absolute atomic E-state index is 4.42. The minimum atomic E-state index is 0.713. The summed E-state index contributed by atoms with van der Waals surface area (Å²) in [6.45, 7) is 0. The summed E-state index contributed by atoms with van der Waals surface area (Å²) in [5, 5.41) is 0. The van der Waals surface area contributed by atoms with Crippen molar-refractivity contribution in [1.82, 2.24) is 19.9 Å². The molecule has 3 rings (SSSR count). The van der Waals surface area contributed by atoms with Crippen LogP contribution in [0.2, 0.25) is 0 Å². The monoisotopic (exact) mass is 288 g/mol. The number of hydrogen-bond donors (Lipinski definition) is 1. The lowest BCUT2D eigenvalue weighted by Gasteiger charge is -1.98. The van der Waals surface area contributed by atoms with Crippen molar-refractivity contribution in [3.8, 4) is 0 Å². The summed E-state index contributed by atoms with van der Waals surface area (Å²) in [6.07, 6.45) is 4.00. The van der Waals surface area contributed by atoms with Gasteiger partial charge in [0.15, 0.2) is 5.65 Å². The molecule has 0 fully saturated rings. The van der Waals surface area contributed by atoms with Gasteiger partial charge in [-0.15, -0.1) is 0 Å². The molecule has 0 bridgehead atoms. The topological polar surface area (TPSA) is 54.5 Å². The normalized spacial score (nSPS) is 10.9. The Labute approximate surface area is 106 Å². The van der Waals surface area contributed by atoms with Crippen LogP contribution in [0.3, 0.4) is 0 Å². The van der Waals surface area contributed by atoms with Gasteiger partial charge >= 0.3 is 0 Å². The van der Waals surface area contributed by atoms with E-state index in [2.05, 4.69) is 48.0 Å². The first kappa shape index (κ1) is 10.4. The van der Waals surface area contributed by atoms with Crippen molar-refractivity contribution in [1.29, 1.82) is 0 Å². The van der Waals surface area contributed by atoms with E-state index in [0.29, 0.717) is 5.65 Å². The lowest BCUT2D eigenvalue weighted by atomic mass is 10.1. The van der Waals surface area contributed by atoms with Crippen molar-refractivity contribution in [2.45, 2.75) is 6.42 Å². The molecule has 0 amide bonds. The number of nitrogens with zero attached hydrogens (tertiary/aromatic N) is 3. The van der Waals surface area contributed by atoms with E-state index in [1.54, 1.807) is 6.20 Å². The highest BCUT2D eigenvalue weighted by atomic mass is 79.9. The summed E-state index contributed by atoms with van der Waals surface area (Å²) in [6, 6.07) is 8.18. The fourth-order valence-corrected chi connectivity index (χ4v) is 2.18. The molecule has 0 saturated heterocycles. The van der Waals surface area contributed by atoms with Crippen LogP contribution in [-0.2, 0) is 6.42 Å². The lowest BCUT2D eigenvalue weighted by molar-refractivity contribution is 1.03. The number of hydrogen-bond acceptors (Lipinski definition) is 3. The molecule has 4 nitrogen and oxygen atoms in total. The van der Waals surface area contributed by atoms with Crippen LogP contribution in [0.15, 0.2) is 41.3 Å². The van der Waals surface area contributed by atoms with Crippen molar-refractivity contribution in [2.24, 2.45) is 0 Å². The number of benzene rings is 1. The molecule has 0 spiro atoms. The van der Waals surface area contributed by atoms with E-state index >= 15 is 0 Å². The van der Waals surface area contributed by atoms with Crippen molar-refractivity contribution in [3.05, 3.63) is 52.7 Å². The highest BCUT2D eigenvalue weighted by molar-refractivity contribution is 9.10. The van der Waals surface area contributed by atoms with E-state index in [1.165, 1.54) is 11.9 Å². The summed E-state index contributed by atoms with van der Waals surface area (Å²) in [5.74, 6) is 0.901. The molecule has 3 aromatic rings. The largest absolute Gasteiger partial charge is 0.339 e. The molecule has 2 aromatic heterocycles. The van der Waals surface area contributed by atoms with Gasteiger partial charge in [0.25, 0.3) is 0 Å². The van der Waals surface area contributed by atoms with E-state index in [4.69, 9.17) is 0 Å². The van der Waals surface area contributed by atoms with Crippen LogP contribution < -0.4 is 0 Å². The third-order valence-corrected chi connectivity index (χ3v) is 2.96. The maximum Gasteiger partial charge on any atom is 0.180 e. The maximum atomic E-state index is 4.42. The Morgan fingerprint density at radius 2 is 2.24 bits per heavy atom. The van der Waals surface area contributed by atoms with Gasteiger partial charge in [-0.2, -0.15) is 0 Å². The molecule has 1 aromatic carbocycles. The number of rotatable bonds is 2. The number of aromatic nitrogens is 4. The van der Waals surface area contributed by atoms with Crippen molar-refractivity contribution in [2.75, 3.05) is 0 Å². The van der Waals surface area contributed by atoms with E-state index in [1.807, 2.05) is 12.1 Å². The predicted octanol–water partition coefficient (Wildman–Crippen LogP) is 2.71. The Morgan fingerprint density at radius 3 is 3.06 bits per heavy atom. The fourth-order valence-electron chi connectivity index (χ4n) is 1.74. The number of fused-ring (bicyclic) bond motifs is 1. The molecule has 5 heteroatoms. The minimum Gasteiger partial charge on any atom is -0.339 e. The van der Waals surface area contributed by atoms with Crippen LogP contribution in [0.1, 0.15) is 11.4 Å². The summed E-state index contributed by atoms with van der Waals surface area (Å²) in [7, 11) is 0. The third kappa shape index (κ3) is 2.19. The van der Waals surface area contributed by atoms with Gasteiger partial charge in [0.1, 0.15) is 17.7 Å². The van der Waals surface area contributed by atoms with Crippen LogP contribution in [0, 0.1) is 0 Å². The second-order valence-corrected chi connectivity index (χ2v) is 4.67. The van der Waals surface area contributed by atoms with E-state index in [-0.39, 0.29) is 0 Å². The molecule has 0 aliphatic carbocycles. The first-order valence-corrected chi connectivity index (χ1v) is 5.99. The average molecular weight is 289 g/mol. The van der Waals surface area contributed by atoms with Gasteiger partial charge in [-0.25, -0.2) is 15.0 Å². The van der Waals surface area contributed by atoms with Crippen LogP contribution in [0.25, 0.3) is 11.2 Å². The van der Waals surface area contributed by atoms with Gasteiger partial charge in [-0.05, 0) is 17.7 Å². The fraction of sp³-hybridized carbons (Fsp3) is 0.0833. The van der Waals surface area contributed by atoms with Crippen molar-refractivity contribution < 1.29 is 0 Å². The molecule has 0 aliphatic heterocycles. The van der Waals surface area contributed by atoms with Gasteiger partial charge in [-0.1, -0.05) is 28.1 Å². The molecule has 2 heterocycles. The van der Waals surface area contributed by atoms with Gasteiger partial charge in [0.2, 0.25) is 0 Å². The van der Waals surface area contributed by atoms with Gasteiger partial charge < -0.3 is 4.98 Å². The summed E-state index contributed by atoms with van der Waals surface area (Å²) < 4.78 is 1.07. The van der Waals surface area contributed by atoms with Gasteiger partial charge in [0.05, 0.1) is 6.20 Å². The SMILES string of the molecule is Brc1cccc(Cc2nc3ncncc3[nH]2)c1. The Balaban J connectivity index is 1.94. The smallest absolute Gasteiger partial charge is 0.180 e. The first-order valence-electron chi connectivity index (χ1n) is 5.20. The molecule has 0 aliphatic rings. The Morgan fingerprint density at radius 1 is 1.29 bits per heavy atom. The van der Waals surface area contributed by atoms with Gasteiger partial charge in [0, 0.05) is 10.9 Å². The molecule has 0 saturated carbocycles. The predicted molar refractivity (Wildman–Crippen MR) is 68.6 cm³/mol. The Bertz CT molecular complexity index is 629. The second-order valence-electron chi connectivity index (χ2n) is 3.75. The molecule has 0 atom stereocenters. The summed E-state index contributed by atoms with van der Waals surface area (Å²) in [5.41, 5.74) is 2.79. The molecular weight excluding hydrogens is 280 g/mol. The zero-order valence-electron chi connectivity index (χ0n) is 8.89. The molecular formula is C12H9BrN4. The van der Waals surface area contributed by atoms with Crippen molar-refractivity contribution in [3.63, 3.8) is 0 Å². The molecule has 0 radical (unpaired) electrons. The Kier molecular flexibility index (Phi) is 2.60. The highest BCUT2D eigenvalue weighted by Gasteiger charge is 2.04. The van der Waals surface area contributed by atoms with E-state index in [0.717, 1.165) is 22.2 Å². The average Bonchev–Trinajstić information content (AvgIpc) is 2.71. The van der Waals surface area contributed by atoms with E-state index < -0.39 is 0 Å². The minimum absolute atomic E-state index is 0.713. The van der Waals surface area contributed by atoms with Gasteiger partial charge in [-0.3, -0.25) is 0 Å². The molecule has 0 unspecified atom stereocenters. The van der Waals surface area contributed by atoms with E-state index in [9.17, 15) is 0 Å². The zero-order chi connectivity index (χ0) is 11.7. The van der Waals surface area contributed by atoms with Crippen LogP contribution in [-0.4, -0.2) is 19.9 Å². The summed E-state index contributed by atoms with van der Waals surface area (Å²) in [4.78, 5) is 15.7. The van der Waals surface area contributed by atoms with Crippen molar-refractivity contribution >= 4 is 27.1 Å². The quantitative estimate of drug-likeness (QED) is 0.789. The number of halogens is 1. The van der Waals surface area contributed by atoms with Crippen LogP contribution >= 0.6 is 15.9 Å². The standard InChI is InChI=1S/C12H9BrN4/c13-9-3-1-2-8(4-9)5-11-16-10-6-14-7-15-12(10)17-11/h1-4,6-7H,5H2,(H,14,15,16,17). The first-order chi connectivity index (χ1) is 8.31. The third-order valence-electron chi connectivity index (χ3n) is 2.47. The lowest BCUT2D eigenvalue weighted by Crippen LogP contribution is -1.90. The number of imidazole rings is 1. The number of nitrogens with one attached hydrogen (secondary N) is 1. The van der Waals surface area contributed by atoms with Crippen LogP contribution in [0.4, 0.5) is 0 Å². The number of aromatic amines is 1. The Hall–Kier alpha value is -1.75. The molecule has 84 valence electrons. The summed E-state index contributed by atoms with van der Waals surface area (Å²) >= 11 is 3.46. The molecule has 17 heavy (non-hydrogen) atoms. The van der Waals surface area contributed by atoms with Crippen LogP contribution in [0.5, 0.6) is 0 Å².